The van der Waals surface area contributed by atoms with E-state index >= 15 is 0 Å². The Hall–Kier alpha value is -6.62. The molecule has 398 valence electrons. The van der Waals surface area contributed by atoms with E-state index in [-0.39, 0.29) is 5.92 Å². The molecule has 0 N–H and O–H groups in total. The van der Waals surface area contributed by atoms with Crippen LogP contribution in [0.4, 0.5) is 0 Å². The van der Waals surface area contributed by atoms with Gasteiger partial charge in [-0.05, 0) is 180 Å². The summed E-state index contributed by atoms with van der Waals surface area (Å²) in [5, 5.41) is 2.68. The summed E-state index contributed by atoms with van der Waals surface area (Å²) in [5.74, 6) is 3.31. The molecule has 0 bridgehead atoms. The average Bonchev–Trinajstić information content (AvgIpc) is 3.83. The fourth-order valence-electron chi connectivity index (χ4n) is 11.4. The Morgan fingerprint density at radius 3 is 2.38 bits per heavy atom. The summed E-state index contributed by atoms with van der Waals surface area (Å²) >= 11 is 5.92. The smallest absolute Gasteiger partial charge is 0.0433 e. The van der Waals surface area contributed by atoms with Crippen molar-refractivity contribution in [3.05, 3.63) is 283 Å². The van der Waals surface area contributed by atoms with Crippen LogP contribution in [0.2, 0.25) is 0 Å². The molecule has 1 aliphatic heterocycles. The van der Waals surface area contributed by atoms with Crippen LogP contribution in [-0.4, -0.2) is 11.5 Å². The molecule has 10 rings (SSSR count). The van der Waals surface area contributed by atoms with E-state index in [1.54, 1.807) is 10.5 Å². The lowest BCUT2D eigenvalue weighted by atomic mass is 9.87. The molecule has 4 aliphatic rings. The summed E-state index contributed by atoms with van der Waals surface area (Å²) in [6.07, 6.45) is 43.2. The van der Waals surface area contributed by atoms with Gasteiger partial charge < -0.3 is 0 Å². The predicted octanol–water partition coefficient (Wildman–Crippen LogP) is 22.8. The first kappa shape index (κ1) is 55.7. The molecule has 3 unspecified atom stereocenters. The quantitative estimate of drug-likeness (QED) is 0.0742. The Morgan fingerprint density at radius 2 is 1.57 bits per heavy atom. The van der Waals surface area contributed by atoms with Crippen molar-refractivity contribution in [1.82, 2.24) is 0 Å². The number of hydrogen-bond donors (Lipinski definition) is 0. The minimum atomic E-state index is 0.268. The van der Waals surface area contributed by atoms with Gasteiger partial charge in [0.25, 0.3) is 0 Å². The molecule has 5 aromatic carbocycles. The summed E-state index contributed by atoms with van der Waals surface area (Å²) in [7, 11) is 0. The van der Waals surface area contributed by atoms with E-state index in [2.05, 4.69) is 262 Å². The zero-order valence-electron chi connectivity index (χ0n) is 47.7. The molecule has 3 heteroatoms. The molecule has 0 amide bonds. The summed E-state index contributed by atoms with van der Waals surface area (Å²) in [6, 6.07) is 38.2. The number of thiophene rings is 1. The largest absolute Gasteiger partial charge is 0.135 e. The maximum Gasteiger partial charge on any atom is 0.0433 e. The summed E-state index contributed by atoms with van der Waals surface area (Å²) in [6.45, 7) is 22.3. The molecule has 0 spiro atoms. The second-order valence-electron chi connectivity index (χ2n) is 22.0. The van der Waals surface area contributed by atoms with Crippen LogP contribution in [0.3, 0.4) is 0 Å². The highest BCUT2D eigenvalue weighted by Crippen LogP contribution is 2.57. The van der Waals surface area contributed by atoms with Crippen molar-refractivity contribution < 1.29 is 0 Å². The Bertz CT molecular complexity index is 3750. The fourth-order valence-corrected chi connectivity index (χ4v) is 15.0. The second-order valence-corrected chi connectivity index (χ2v) is 25.1. The van der Waals surface area contributed by atoms with E-state index in [1.807, 2.05) is 34.9 Å². The highest BCUT2D eigenvalue weighted by atomic mass is 32.2. The molecule has 0 radical (unpaired) electrons. The van der Waals surface area contributed by atoms with Crippen LogP contribution in [0.1, 0.15) is 94.5 Å². The van der Waals surface area contributed by atoms with Crippen LogP contribution in [0, 0.1) is 38.5 Å². The first-order valence-electron chi connectivity index (χ1n) is 28.5. The Kier molecular flexibility index (Phi) is 18.1. The molecule has 3 aliphatic carbocycles. The minimum absolute atomic E-state index is 0.268. The molecule has 79 heavy (non-hydrogen) atoms. The van der Waals surface area contributed by atoms with Crippen molar-refractivity contribution in [3.63, 3.8) is 0 Å². The van der Waals surface area contributed by atoms with Gasteiger partial charge in [-0.25, -0.2) is 0 Å². The van der Waals surface area contributed by atoms with Crippen LogP contribution in [-0.2, 0) is 0 Å². The standard InChI is InChI=1S/C76H76S3/c1-10-51(5)41-62(38-37-59-27-20-32-68(54(59)8)67-30-15-12-22-53(67)7)60-28-19-25-58(46-60)48-77-72(66(40-50(3)4)44-56(11-2)23-13-14-26-63-49-78-75-55(9)74(63)75)39-36-57-24-18-29-61(45-57)64-42-52(6)43-65(47-64)69-33-21-34-71-70-31-16-17-35-73(70)79-76(69)71/h10,12-22,25-27,29-35,37-47,55,57,60H,3,11,23-24,28,36,48-49H2,1-2,4-9H3/b14-13-,38-37+,51-10-,56-44+,62-41+,63-26+,66-40+,72-39-. The van der Waals surface area contributed by atoms with Gasteiger partial charge in [0, 0.05) is 48.4 Å². The normalized spacial score (nSPS) is 19.7. The lowest BCUT2D eigenvalue weighted by Gasteiger charge is -2.20. The highest BCUT2D eigenvalue weighted by molar-refractivity contribution is 8.04. The van der Waals surface area contributed by atoms with Crippen molar-refractivity contribution >= 4 is 66.7 Å². The number of allylic oxidation sites excluding steroid dienone is 23. The molecule has 0 nitrogen and oxygen atoms in total. The van der Waals surface area contributed by atoms with Crippen molar-refractivity contribution in [3.8, 4) is 22.3 Å². The molecular weight excluding hydrogens is 1010 g/mol. The van der Waals surface area contributed by atoms with Crippen LogP contribution in [0.15, 0.2) is 255 Å². The third kappa shape index (κ3) is 13.4. The van der Waals surface area contributed by atoms with Gasteiger partial charge in [0.1, 0.15) is 0 Å². The molecule has 6 aromatic rings. The van der Waals surface area contributed by atoms with E-state index in [4.69, 9.17) is 0 Å². The molecule has 0 saturated carbocycles. The predicted molar refractivity (Wildman–Crippen MR) is 355 cm³/mol. The second kappa shape index (κ2) is 25.7. The van der Waals surface area contributed by atoms with E-state index in [0.29, 0.717) is 11.8 Å². The maximum atomic E-state index is 4.45. The first-order valence-corrected chi connectivity index (χ1v) is 31.3. The van der Waals surface area contributed by atoms with Crippen LogP contribution in [0.5, 0.6) is 0 Å². The van der Waals surface area contributed by atoms with Gasteiger partial charge >= 0.3 is 0 Å². The van der Waals surface area contributed by atoms with E-state index in [1.165, 1.54) is 114 Å². The van der Waals surface area contributed by atoms with Crippen LogP contribution < -0.4 is 0 Å². The number of thioether (sulfide) groups is 2. The van der Waals surface area contributed by atoms with Gasteiger partial charge in [-0.2, -0.15) is 0 Å². The number of aryl methyl sites for hydroxylation is 2. The highest BCUT2D eigenvalue weighted by Gasteiger charge is 2.39. The first-order chi connectivity index (χ1) is 38.4. The van der Waals surface area contributed by atoms with Crippen molar-refractivity contribution in [2.24, 2.45) is 17.8 Å². The van der Waals surface area contributed by atoms with Crippen molar-refractivity contribution in [2.45, 2.75) is 87.5 Å². The lowest BCUT2D eigenvalue weighted by Crippen LogP contribution is -2.05. The monoisotopic (exact) mass is 1080 g/mol. The van der Waals surface area contributed by atoms with Gasteiger partial charge in [0.05, 0.1) is 0 Å². The zero-order valence-corrected chi connectivity index (χ0v) is 50.1. The number of benzene rings is 5. The Balaban J connectivity index is 0.940. The van der Waals surface area contributed by atoms with Crippen molar-refractivity contribution in [2.75, 3.05) is 11.5 Å². The summed E-state index contributed by atoms with van der Waals surface area (Å²) < 4.78 is 2.70. The zero-order chi connectivity index (χ0) is 55.0. The lowest BCUT2D eigenvalue weighted by molar-refractivity contribution is 0.671. The van der Waals surface area contributed by atoms with Gasteiger partial charge in [-0.1, -0.05) is 225 Å². The van der Waals surface area contributed by atoms with Crippen LogP contribution in [0.25, 0.3) is 54.1 Å². The SMILES string of the molecule is C=C(C)/C=C(\C=C(/CC)C/C=C\C=C1/CSC2=C1C2C)C(=C/CC1C=C(c2cc(C)cc(-c3cccc4c3sc3ccccc34)c2)C=CC1)/SCC1=CC(C(=C/C(C)=C\C)/C=C/c2cccc(-c3ccccc3C)c2C)CC=C1. The van der Waals surface area contributed by atoms with E-state index in [0.717, 1.165) is 49.2 Å². The third-order valence-corrected chi connectivity index (χ3v) is 19.8. The average molecular weight is 1090 g/mol. The molecule has 1 aromatic heterocycles. The van der Waals surface area contributed by atoms with Gasteiger partial charge in [0.2, 0.25) is 0 Å². The molecular formula is C76H76S3. The Labute approximate surface area is 485 Å². The molecule has 2 heterocycles. The number of hydrogen-bond acceptors (Lipinski definition) is 3. The van der Waals surface area contributed by atoms with Gasteiger partial charge in [-0.15, -0.1) is 34.9 Å². The topological polar surface area (TPSA) is 0 Å². The van der Waals surface area contributed by atoms with E-state index in [9.17, 15) is 0 Å². The third-order valence-electron chi connectivity index (χ3n) is 16.0. The molecule has 3 atom stereocenters. The van der Waals surface area contributed by atoms with Gasteiger partial charge in [-0.3, -0.25) is 0 Å². The summed E-state index contributed by atoms with van der Waals surface area (Å²) in [5.41, 5.74) is 23.8. The molecule has 0 fully saturated rings. The van der Waals surface area contributed by atoms with Crippen LogP contribution >= 0.6 is 34.9 Å². The fraction of sp³-hybridized carbons (Fsp3) is 0.237. The maximum absolute atomic E-state index is 4.45. The van der Waals surface area contributed by atoms with Gasteiger partial charge in [0.15, 0.2) is 0 Å². The number of rotatable bonds is 19. The van der Waals surface area contributed by atoms with E-state index < -0.39 is 0 Å². The summed E-state index contributed by atoms with van der Waals surface area (Å²) in [4.78, 5) is 2.93. The van der Waals surface area contributed by atoms with Crippen molar-refractivity contribution in [1.29, 1.82) is 0 Å². The Morgan fingerprint density at radius 1 is 0.797 bits per heavy atom. The number of fused-ring (bicyclic) bond motifs is 3. The molecule has 0 saturated heterocycles. The minimum Gasteiger partial charge on any atom is -0.135 e.